The van der Waals surface area contributed by atoms with Gasteiger partial charge in [-0.3, -0.25) is 0 Å². The molecule has 1 aliphatic rings. The molecule has 1 fully saturated rings. The summed E-state index contributed by atoms with van der Waals surface area (Å²) >= 11 is 0. The van der Waals surface area contributed by atoms with Gasteiger partial charge in [-0.05, 0) is 25.0 Å². The predicted octanol–water partition coefficient (Wildman–Crippen LogP) is 1.35. The van der Waals surface area contributed by atoms with Crippen molar-refractivity contribution in [1.82, 2.24) is 4.90 Å². The molecule has 2 rings (SSSR count). The van der Waals surface area contributed by atoms with Gasteiger partial charge >= 0.3 is 12.1 Å². The fourth-order valence-corrected chi connectivity index (χ4v) is 2.54. The number of aromatic hydroxyl groups is 1. The first kappa shape index (κ1) is 15.1. The Balaban J connectivity index is 2.34. The number of rotatable bonds is 2. The highest BCUT2D eigenvalue weighted by molar-refractivity contribution is 5.89. The molecular formula is C14H17NO6. The molecule has 3 N–H and O–H groups in total. The largest absolute Gasteiger partial charge is 0.508 e. The van der Waals surface area contributed by atoms with Crippen LogP contribution in [0.5, 0.6) is 5.75 Å². The number of piperidine rings is 1. The number of ether oxygens (including phenoxy) is 1. The van der Waals surface area contributed by atoms with Crippen LogP contribution in [0.1, 0.15) is 34.8 Å². The summed E-state index contributed by atoms with van der Waals surface area (Å²) in [4.78, 5) is 23.8. The molecule has 21 heavy (non-hydrogen) atoms. The van der Waals surface area contributed by atoms with E-state index < -0.39 is 24.2 Å². The van der Waals surface area contributed by atoms with Gasteiger partial charge in [-0.15, -0.1) is 0 Å². The van der Waals surface area contributed by atoms with Crippen LogP contribution >= 0.6 is 0 Å². The number of phenols is 1. The summed E-state index contributed by atoms with van der Waals surface area (Å²) in [6.45, 7) is 0.194. The van der Waals surface area contributed by atoms with E-state index in [1.54, 1.807) is 0 Å². The Morgan fingerprint density at radius 2 is 2.10 bits per heavy atom. The molecular weight excluding hydrogens is 278 g/mol. The molecule has 7 heteroatoms. The molecule has 2 atom stereocenters. The van der Waals surface area contributed by atoms with Gasteiger partial charge in [0.2, 0.25) is 0 Å². The summed E-state index contributed by atoms with van der Waals surface area (Å²) in [5.41, 5.74) is 0.542. The van der Waals surface area contributed by atoms with Crippen LogP contribution in [-0.2, 0) is 4.74 Å². The van der Waals surface area contributed by atoms with Crippen molar-refractivity contribution in [2.75, 3.05) is 13.7 Å². The van der Waals surface area contributed by atoms with Crippen LogP contribution < -0.4 is 0 Å². The molecule has 1 aliphatic heterocycles. The van der Waals surface area contributed by atoms with Crippen molar-refractivity contribution < 1.29 is 29.6 Å². The fraction of sp³-hybridized carbons (Fsp3) is 0.429. The number of benzene rings is 1. The average Bonchev–Trinajstić information content (AvgIpc) is 2.45. The number of hydrogen-bond acceptors (Lipinski definition) is 5. The number of aliphatic hydroxyl groups excluding tert-OH is 1. The lowest BCUT2D eigenvalue weighted by Gasteiger charge is -2.36. The Morgan fingerprint density at radius 3 is 2.67 bits per heavy atom. The minimum absolute atomic E-state index is 0.178. The minimum Gasteiger partial charge on any atom is -0.508 e. The lowest BCUT2D eigenvalue weighted by molar-refractivity contribution is 0.0416. The number of aliphatic hydroxyl groups is 1. The maximum absolute atomic E-state index is 11.4. The van der Waals surface area contributed by atoms with Crippen molar-refractivity contribution in [1.29, 1.82) is 0 Å². The zero-order chi connectivity index (χ0) is 15.6. The maximum atomic E-state index is 11.4. The average molecular weight is 295 g/mol. The summed E-state index contributed by atoms with van der Waals surface area (Å²) in [6.07, 6.45) is -1.16. The van der Waals surface area contributed by atoms with Gasteiger partial charge in [0, 0.05) is 12.1 Å². The topological polar surface area (TPSA) is 107 Å². The molecule has 7 nitrogen and oxygen atoms in total. The second-order valence-electron chi connectivity index (χ2n) is 4.94. The van der Waals surface area contributed by atoms with Crippen molar-refractivity contribution in [3.8, 4) is 5.75 Å². The number of amides is 1. The van der Waals surface area contributed by atoms with E-state index in [2.05, 4.69) is 4.74 Å². The molecule has 1 amide bonds. The van der Waals surface area contributed by atoms with Gasteiger partial charge in [0.25, 0.3) is 0 Å². The van der Waals surface area contributed by atoms with Gasteiger partial charge in [-0.1, -0.05) is 6.07 Å². The van der Waals surface area contributed by atoms with Crippen molar-refractivity contribution >= 4 is 12.1 Å². The molecule has 0 aromatic heterocycles. The van der Waals surface area contributed by atoms with E-state index in [0.717, 1.165) is 0 Å². The van der Waals surface area contributed by atoms with Crippen LogP contribution in [0.25, 0.3) is 0 Å². The highest BCUT2D eigenvalue weighted by Gasteiger charge is 2.33. The van der Waals surface area contributed by atoms with Crippen LogP contribution in [0.2, 0.25) is 0 Å². The number of nitrogens with zero attached hydrogens (tertiary/aromatic N) is 1. The van der Waals surface area contributed by atoms with E-state index in [-0.39, 0.29) is 24.3 Å². The third-order valence-electron chi connectivity index (χ3n) is 3.63. The molecule has 0 radical (unpaired) electrons. The Kier molecular flexibility index (Phi) is 4.32. The molecule has 1 heterocycles. The van der Waals surface area contributed by atoms with E-state index in [0.29, 0.717) is 12.0 Å². The Bertz CT molecular complexity index is 558. The van der Waals surface area contributed by atoms with E-state index in [1.807, 2.05) is 0 Å². The van der Waals surface area contributed by atoms with Crippen LogP contribution in [-0.4, -0.2) is 52.0 Å². The number of carboxylic acid groups (broad SMARTS) is 1. The first-order valence-electron chi connectivity index (χ1n) is 6.53. The maximum Gasteiger partial charge on any atom is 0.407 e. The zero-order valence-corrected chi connectivity index (χ0v) is 11.5. The number of likely N-dealkylation sites (tertiary alicyclic amines) is 1. The Morgan fingerprint density at radius 1 is 1.38 bits per heavy atom. The third kappa shape index (κ3) is 3.08. The van der Waals surface area contributed by atoms with Crippen molar-refractivity contribution in [3.63, 3.8) is 0 Å². The van der Waals surface area contributed by atoms with Crippen molar-refractivity contribution in [2.45, 2.75) is 25.0 Å². The van der Waals surface area contributed by atoms with Crippen molar-refractivity contribution in [3.05, 3.63) is 29.3 Å². The zero-order valence-electron chi connectivity index (χ0n) is 11.5. The molecule has 0 aliphatic carbocycles. The Hall–Kier alpha value is -2.28. The van der Waals surface area contributed by atoms with E-state index in [9.17, 15) is 24.9 Å². The molecule has 0 bridgehead atoms. The molecule has 1 aromatic rings. The number of hydrogen-bond donors (Lipinski definition) is 3. The quantitative estimate of drug-likeness (QED) is 0.711. The first-order chi connectivity index (χ1) is 9.93. The number of esters is 1. The van der Waals surface area contributed by atoms with Gasteiger partial charge in [0.1, 0.15) is 5.75 Å². The minimum atomic E-state index is -1.11. The summed E-state index contributed by atoms with van der Waals surface area (Å²) in [6, 6.07) is 3.54. The van der Waals surface area contributed by atoms with Gasteiger partial charge in [-0.2, -0.15) is 0 Å². The highest BCUT2D eigenvalue weighted by Crippen LogP contribution is 2.36. The van der Waals surface area contributed by atoms with Gasteiger partial charge in [-0.25, -0.2) is 9.59 Å². The number of carbonyl (C=O) groups is 2. The molecule has 0 spiro atoms. The van der Waals surface area contributed by atoms with Gasteiger partial charge in [0.15, 0.2) is 0 Å². The molecule has 1 aromatic carbocycles. The standard InChI is InChI=1S/C14H17NO6/c1-21-13(18)8-2-3-10(12(17)6-8)11-7-9(16)4-5-15(11)14(19)20/h2-3,6,9,11,16-17H,4-5,7H2,1H3,(H,19,20). The van der Waals surface area contributed by atoms with E-state index in [4.69, 9.17) is 0 Å². The van der Waals surface area contributed by atoms with Crippen LogP contribution in [0.4, 0.5) is 4.79 Å². The number of phenolic OH excluding ortho intramolecular Hbond substituents is 1. The number of methoxy groups -OCH3 is 1. The SMILES string of the molecule is COC(=O)c1ccc(C2CC(O)CCN2C(=O)O)c(O)c1. The molecule has 1 saturated heterocycles. The third-order valence-corrected chi connectivity index (χ3v) is 3.63. The summed E-state index contributed by atoms with van der Waals surface area (Å²) in [5, 5.41) is 29.0. The second kappa shape index (κ2) is 6.01. The summed E-state index contributed by atoms with van der Waals surface area (Å²) in [5.74, 6) is -0.779. The van der Waals surface area contributed by atoms with E-state index in [1.165, 1.54) is 30.2 Å². The Labute approximate surface area is 121 Å². The predicted molar refractivity (Wildman–Crippen MR) is 72.2 cm³/mol. The molecule has 2 unspecified atom stereocenters. The summed E-state index contributed by atoms with van der Waals surface area (Å²) < 4.78 is 4.56. The van der Waals surface area contributed by atoms with Gasteiger partial charge < -0.3 is 25.0 Å². The normalized spacial score (nSPS) is 21.9. The fourth-order valence-electron chi connectivity index (χ4n) is 2.54. The molecule has 0 saturated carbocycles. The summed E-state index contributed by atoms with van der Waals surface area (Å²) in [7, 11) is 1.23. The first-order valence-corrected chi connectivity index (χ1v) is 6.53. The van der Waals surface area contributed by atoms with Crippen LogP contribution in [0, 0.1) is 0 Å². The lowest BCUT2D eigenvalue weighted by atomic mass is 9.92. The second-order valence-corrected chi connectivity index (χ2v) is 4.94. The highest BCUT2D eigenvalue weighted by atomic mass is 16.5. The van der Waals surface area contributed by atoms with Crippen LogP contribution in [0.15, 0.2) is 18.2 Å². The lowest BCUT2D eigenvalue weighted by Crippen LogP contribution is -2.41. The smallest absolute Gasteiger partial charge is 0.407 e. The number of carbonyl (C=O) groups excluding carboxylic acids is 1. The van der Waals surface area contributed by atoms with E-state index >= 15 is 0 Å². The van der Waals surface area contributed by atoms with Gasteiger partial charge in [0.05, 0.1) is 24.8 Å². The monoisotopic (exact) mass is 295 g/mol. The molecule has 114 valence electrons. The van der Waals surface area contributed by atoms with Crippen molar-refractivity contribution in [2.24, 2.45) is 0 Å². The van der Waals surface area contributed by atoms with Crippen LogP contribution in [0.3, 0.4) is 0 Å².